The van der Waals surface area contributed by atoms with Gasteiger partial charge in [0.2, 0.25) is 0 Å². The van der Waals surface area contributed by atoms with Crippen LogP contribution in [0.15, 0.2) is 42.5 Å². The second kappa shape index (κ2) is 6.59. The summed E-state index contributed by atoms with van der Waals surface area (Å²) in [6.45, 7) is 2.05. The van der Waals surface area contributed by atoms with Gasteiger partial charge in [0.05, 0.1) is 6.04 Å². The van der Waals surface area contributed by atoms with Gasteiger partial charge in [0.15, 0.2) is 0 Å². The molecule has 2 aromatic rings. The minimum Gasteiger partial charge on any atom is -0.271 e. The summed E-state index contributed by atoms with van der Waals surface area (Å²) in [6, 6.07) is 11.1. The van der Waals surface area contributed by atoms with Gasteiger partial charge >= 0.3 is 0 Å². The zero-order chi connectivity index (χ0) is 14.5. The maximum atomic E-state index is 13.7. The number of aryl methyl sites for hydroxylation is 1. The van der Waals surface area contributed by atoms with Crippen molar-refractivity contribution in [2.75, 3.05) is 0 Å². The molecule has 2 aromatic carbocycles. The molecule has 0 bridgehead atoms. The van der Waals surface area contributed by atoms with E-state index in [1.54, 1.807) is 0 Å². The molecule has 0 fully saturated rings. The van der Waals surface area contributed by atoms with E-state index in [1.807, 2.05) is 24.3 Å². The second-order valence-corrected chi connectivity index (χ2v) is 4.71. The van der Waals surface area contributed by atoms with Gasteiger partial charge in [-0.3, -0.25) is 11.3 Å². The van der Waals surface area contributed by atoms with Crippen LogP contribution in [-0.4, -0.2) is 0 Å². The standard InChI is InChI=1S/C16H18F2N2/c1-2-11-5-3-4-6-14(11)16(20-19)10-12-9-13(17)7-8-15(12)18/h3-9,16,20H,2,10,19H2,1H3. The number of nitrogens with two attached hydrogens (primary N) is 1. The van der Waals surface area contributed by atoms with Crippen LogP contribution in [0, 0.1) is 11.6 Å². The van der Waals surface area contributed by atoms with Crippen LogP contribution in [0.3, 0.4) is 0 Å². The first-order valence-corrected chi connectivity index (χ1v) is 6.63. The molecule has 1 atom stereocenters. The van der Waals surface area contributed by atoms with Gasteiger partial charge in [-0.1, -0.05) is 31.2 Å². The van der Waals surface area contributed by atoms with Gasteiger partial charge in [-0.2, -0.15) is 0 Å². The Kier molecular flexibility index (Phi) is 4.82. The van der Waals surface area contributed by atoms with Crippen LogP contribution in [0.4, 0.5) is 8.78 Å². The lowest BCUT2D eigenvalue weighted by atomic mass is 9.94. The zero-order valence-corrected chi connectivity index (χ0v) is 11.4. The molecule has 3 N–H and O–H groups in total. The largest absolute Gasteiger partial charge is 0.271 e. The van der Waals surface area contributed by atoms with Crippen LogP contribution in [0.2, 0.25) is 0 Å². The van der Waals surface area contributed by atoms with Crippen molar-refractivity contribution in [2.45, 2.75) is 25.8 Å². The molecule has 0 aliphatic carbocycles. The second-order valence-electron chi connectivity index (χ2n) is 4.71. The summed E-state index contributed by atoms with van der Waals surface area (Å²) >= 11 is 0. The minimum atomic E-state index is -0.444. The molecule has 0 aromatic heterocycles. The van der Waals surface area contributed by atoms with Gasteiger partial charge in [0.1, 0.15) is 11.6 Å². The number of hydrazine groups is 1. The molecule has 4 heteroatoms. The molecule has 1 unspecified atom stereocenters. The van der Waals surface area contributed by atoms with E-state index < -0.39 is 11.6 Å². The van der Waals surface area contributed by atoms with Crippen LogP contribution in [-0.2, 0) is 12.8 Å². The Morgan fingerprint density at radius 2 is 1.85 bits per heavy atom. The summed E-state index contributed by atoms with van der Waals surface area (Å²) in [7, 11) is 0. The molecule has 0 saturated carbocycles. The van der Waals surface area contributed by atoms with Crippen molar-refractivity contribution in [1.29, 1.82) is 0 Å². The van der Waals surface area contributed by atoms with Crippen LogP contribution < -0.4 is 11.3 Å². The lowest BCUT2D eigenvalue weighted by molar-refractivity contribution is 0.520. The zero-order valence-electron chi connectivity index (χ0n) is 11.4. The highest BCUT2D eigenvalue weighted by molar-refractivity contribution is 5.32. The molecule has 0 saturated heterocycles. The van der Waals surface area contributed by atoms with E-state index in [2.05, 4.69) is 12.3 Å². The van der Waals surface area contributed by atoms with Crippen LogP contribution in [0.1, 0.15) is 29.7 Å². The highest BCUT2D eigenvalue weighted by Crippen LogP contribution is 2.23. The highest BCUT2D eigenvalue weighted by atomic mass is 19.1. The number of nitrogens with one attached hydrogen (secondary N) is 1. The Hall–Kier alpha value is -1.78. The fraction of sp³-hybridized carbons (Fsp3) is 0.250. The van der Waals surface area contributed by atoms with Crippen molar-refractivity contribution < 1.29 is 8.78 Å². The number of rotatable bonds is 5. The van der Waals surface area contributed by atoms with E-state index in [4.69, 9.17) is 5.84 Å². The molecule has 0 aliphatic rings. The van der Waals surface area contributed by atoms with Crippen molar-refractivity contribution in [3.63, 3.8) is 0 Å². The molecular weight excluding hydrogens is 258 g/mol. The Labute approximate surface area is 117 Å². The van der Waals surface area contributed by atoms with E-state index in [1.165, 1.54) is 6.07 Å². The quantitative estimate of drug-likeness (QED) is 0.649. The fourth-order valence-corrected chi connectivity index (χ4v) is 2.37. The van der Waals surface area contributed by atoms with Gasteiger partial charge in [0.25, 0.3) is 0 Å². The third-order valence-electron chi connectivity index (χ3n) is 3.44. The molecule has 2 rings (SSSR count). The van der Waals surface area contributed by atoms with Crippen LogP contribution in [0.5, 0.6) is 0 Å². The topological polar surface area (TPSA) is 38.0 Å². The monoisotopic (exact) mass is 276 g/mol. The molecule has 2 nitrogen and oxygen atoms in total. The van der Waals surface area contributed by atoms with Crippen LogP contribution in [0.25, 0.3) is 0 Å². The molecule has 0 radical (unpaired) electrons. The van der Waals surface area contributed by atoms with Gasteiger partial charge in [0, 0.05) is 0 Å². The first-order chi connectivity index (χ1) is 9.65. The van der Waals surface area contributed by atoms with Crippen molar-refractivity contribution >= 4 is 0 Å². The van der Waals surface area contributed by atoms with Gasteiger partial charge < -0.3 is 0 Å². The Morgan fingerprint density at radius 1 is 1.10 bits per heavy atom. The Bertz CT molecular complexity index is 584. The molecule has 20 heavy (non-hydrogen) atoms. The van der Waals surface area contributed by atoms with E-state index in [-0.39, 0.29) is 6.04 Å². The van der Waals surface area contributed by atoms with E-state index in [0.717, 1.165) is 29.7 Å². The highest BCUT2D eigenvalue weighted by Gasteiger charge is 2.16. The summed E-state index contributed by atoms with van der Waals surface area (Å²) in [5, 5.41) is 0. The first-order valence-electron chi connectivity index (χ1n) is 6.63. The minimum absolute atomic E-state index is 0.248. The summed E-state index contributed by atoms with van der Waals surface area (Å²) in [4.78, 5) is 0. The average Bonchev–Trinajstić information content (AvgIpc) is 2.48. The number of halogens is 2. The van der Waals surface area contributed by atoms with Crippen molar-refractivity contribution in [3.8, 4) is 0 Å². The molecule has 0 spiro atoms. The van der Waals surface area contributed by atoms with Crippen LogP contribution >= 0.6 is 0 Å². The van der Waals surface area contributed by atoms with Gasteiger partial charge in [-0.15, -0.1) is 0 Å². The van der Waals surface area contributed by atoms with Gasteiger partial charge in [-0.05, 0) is 47.7 Å². The molecule has 0 heterocycles. The lowest BCUT2D eigenvalue weighted by Crippen LogP contribution is -2.30. The normalized spacial score (nSPS) is 12.4. The van der Waals surface area contributed by atoms with Crippen molar-refractivity contribution in [2.24, 2.45) is 5.84 Å². The average molecular weight is 276 g/mol. The van der Waals surface area contributed by atoms with Crippen molar-refractivity contribution in [1.82, 2.24) is 5.43 Å². The van der Waals surface area contributed by atoms with E-state index in [9.17, 15) is 8.78 Å². The third-order valence-corrected chi connectivity index (χ3v) is 3.44. The molecule has 106 valence electrons. The molecule has 0 aliphatic heterocycles. The summed E-state index contributed by atoms with van der Waals surface area (Å²) in [5.74, 6) is 4.74. The van der Waals surface area contributed by atoms with E-state index >= 15 is 0 Å². The van der Waals surface area contributed by atoms with Crippen molar-refractivity contribution in [3.05, 3.63) is 70.8 Å². The number of hydrogen-bond donors (Lipinski definition) is 2. The maximum absolute atomic E-state index is 13.7. The molecule has 0 amide bonds. The predicted octanol–water partition coefficient (Wildman–Crippen LogP) is 3.27. The summed E-state index contributed by atoms with van der Waals surface area (Å²) in [6.07, 6.45) is 1.16. The first kappa shape index (κ1) is 14.6. The molecular formula is C16H18F2N2. The summed E-state index contributed by atoms with van der Waals surface area (Å²) in [5.41, 5.74) is 5.18. The fourth-order valence-electron chi connectivity index (χ4n) is 2.37. The SMILES string of the molecule is CCc1ccccc1C(Cc1cc(F)ccc1F)NN. The smallest absolute Gasteiger partial charge is 0.126 e. The Balaban J connectivity index is 2.31. The third kappa shape index (κ3) is 3.21. The number of benzene rings is 2. The lowest BCUT2D eigenvalue weighted by Gasteiger charge is -2.20. The van der Waals surface area contributed by atoms with Gasteiger partial charge in [-0.25, -0.2) is 8.78 Å². The maximum Gasteiger partial charge on any atom is 0.126 e. The predicted molar refractivity (Wildman–Crippen MR) is 75.9 cm³/mol. The number of hydrogen-bond acceptors (Lipinski definition) is 2. The Morgan fingerprint density at radius 3 is 2.55 bits per heavy atom. The van der Waals surface area contributed by atoms with E-state index in [0.29, 0.717) is 12.0 Å². The summed E-state index contributed by atoms with van der Waals surface area (Å²) < 4.78 is 27.0.